The van der Waals surface area contributed by atoms with E-state index < -0.39 is 0 Å². The van der Waals surface area contributed by atoms with Crippen LogP contribution in [0.1, 0.15) is 10.4 Å². The number of amides is 1. The van der Waals surface area contributed by atoms with Crippen molar-refractivity contribution in [2.45, 2.75) is 0 Å². The molecule has 1 amide bonds. The molecule has 1 aromatic heterocycles. The molecule has 4 rings (SSSR count). The first-order valence-electron chi connectivity index (χ1n) is 9.22. The third-order valence-corrected chi connectivity index (χ3v) is 5.88. The Balaban J connectivity index is 1.38. The van der Waals surface area contributed by atoms with Crippen molar-refractivity contribution in [1.82, 2.24) is 20.0 Å². The van der Waals surface area contributed by atoms with Crippen LogP contribution in [0.4, 0.5) is 5.82 Å². The third kappa shape index (κ3) is 3.94. The number of allylic oxidation sites excluding steroid dienone is 2. The molecule has 6 nitrogen and oxygen atoms in total. The summed E-state index contributed by atoms with van der Waals surface area (Å²) < 4.78 is 0. The van der Waals surface area contributed by atoms with Crippen molar-refractivity contribution in [2.24, 2.45) is 0 Å². The van der Waals surface area contributed by atoms with Gasteiger partial charge in [-0.2, -0.15) is 5.10 Å². The zero-order chi connectivity index (χ0) is 19.5. The first-order chi connectivity index (χ1) is 13.6. The summed E-state index contributed by atoms with van der Waals surface area (Å²) in [7, 11) is 0. The van der Waals surface area contributed by atoms with Gasteiger partial charge in [0.05, 0.1) is 21.8 Å². The Morgan fingerprint density at radius 1 is 1.14 bits per heavy atom. The molecule has 0 unspecified atom stereocenters. The van der Waals surface area contributed by atoms with Crippen LogP contribution in [0.3, 0.4) is 0 Å². The lowest BCUT2D eigenvalue weighted by Gasteiger charge is -2.37. The summed E-state index contributed by atoms with van der Waals surface area (Å²) in [6, 6.07) is 7.14. The molecule has 2 aliphatic heterocycles. The molecule has 0 radical (unpaired) electrons. The average molecular weight is 418 g/mol. The highest BCUT2D eigenvalue weighted by Crippen LogP contribution is 2.27. The zero-order valence-corrected chi connectivity index (χ0v) is 16.8. The normalized spacial score (nSPS) is 17.7. The van der Waals surface area contributed by atoms with Crippen molar-refractivity contribution in [2.75, 3.05) is 44.2 Å². The second-order valence-electron chi connectivity index (χ2n) is 6.81. The molecule has 28 heavy (non-hydrogen) atoms. The Morgan fingerprint density at radius 2 is 1.96 bits per heavy atom. The second kappa shape index (κ2) is 8.39. The number of aromatic amines is 1. The van der Waals surface area contributed by atoms with E-state index in [0.717, 1.165) is 32.0 Å². The molecule has 0 spiro atoms. The van der Waals surface area contributed by atoms with Gasteiger partial charge in [0.25, 0.3) is 5.91 Å². The molecular formula is C20H21Cl2N5O. The number of nitrogens with one attached hydrogen (secondary N) is 1. The van der Waals surface area contributed by atoms with Gasteiger partial charge in [-0.3, -0.25) is 14.8 Å². The van der Waals surface area contributed by atoms with E-state index in [2.05, 4.69) is 38.2 Å². The molecule has 0 saturated carbocycles. The van der Waals surface area contributed by atoms with Crippen LogP contribution in [0.2, 0.25) is 10.0 Å². The molecule has 1 fully saturated rings. The standard InChI is InChI=1S/C20H21Cl2N5O/c21-17-6-3-5-16(19(17)22)20(28)26-12-10-25(11-13-26)14-15-4-1-2-9-27(15)18-7-8-23-24-18/h1-8H,9-14H2,(H,23,24). The van der Waals surface area contributed by atoms with Crippen molar-refractivity contribution in [3.8, 4) is 0 Å². The summed E-state index contributed by atoms with van der Waals surface area (Å²) in [6.45, 7) is 4.58. The van der Waals surface area contributed by atoms with Gasteiger partial charge in [-0.05, 0) is 18.2 Å². The Morgan fingerprint density at radius 3 is 2.71 bits per heavy atom. The minimum absolute atomic E-state index is 0.0638. The summed E-state index contributed by atoms with van der Waals surface area (Å²) in [5.74, 6) is 0.922. The Kier molecular flexibility index (Phi) is 5.71. The highest BCUT2D eigenvalue weighted by Gasteiger charge is 2.25. The number of carbonyl (C=O) groups is 1. The van der Waals surface area contributed by atoms with Crippen molar-refractivity contribution in [3.63, 3.8) is 0 Å². The van der Waals surface area contributed by atoms with Crippen LogP contribution in [0.15, 0.2) is 54.4 Å². The fraction of sp³-hybridized carbons (Fsp3) is 0.300. The van der Waals surface area contributed by atoms with Crippen LogP contribution >= 0.6 is 23.2 Å². The van der Waals surface area contributed by atoms with Gasteiger partial charge in [-0.15, -0.1) is 0 Å². The van der Waals surface area contributed by atoms with Gasteiger partial charge < -0.3 is 9.80 Å². The molecule has 3 heterocycles. The number of nitrogens with zero attached hydrogens (tertiary/aromatic N) is 4. The summed E-state index contributed by atoms with van der Waals surface area (Å²) in [4.78, 5) is 19.2. The van der Waals surface area contributed by atoms with Gasteiger partial charge in [0.2, 0.25) is 0 Å². The van der Waals surface area contributed by atoms with Crippen LogP contribution < -0.4 is 4.90 Å². The van der Waals surface area contributed by atoms with Gasteiger partial charge in [-0.1, -0.05) is 41.4 Å². The summed E-state index contributed by atoms with van der Waals surface area (Å²) in [5, 5.41) is 7.81. The molecule has 2 aromatic rings. The van der Waals surface area contributed by atoms with Crippen LogP contribution in [-0.4, -0.2) is 65.2 Å². The number of halogens is 2. The monoisotopic (exact) mass is 417 g/mol. The van der Waals surface area contributed by atoms with Crippen molar-refractivity contribution >= 4 is 34.9 Å². The number of benzene rings is 1. The molecule has 8 heteroatoms. The quantitative estimate of drug-likeness (QED) is 0.827. The van der Waals surface area contributed by atoms with Crippen molar-refractivity contribution in [3.05, 3.63) is 70.0 Å². The van der Waals surface area contributed by atoms with E-state index in [1.54, 1.807) is 24.4 Å². The Labute approximate surface area is 174 Å². The number of hydrogen-bond acceptors (Lipinski definition) is 4. The highest BCUT2D eigenvalue weighted by atomic mass is 35.5. The van der Waals surface area contributed by atoms with Gasteiger partial charge >= 0.3 is 0 Å². The van der Waals surface area contributed by atoms with Gasteiger partial charge in [0.15, 0.2) is 0 Å². The maximum absolute atomic E-state index is 12.8. The number of rotatable bonds is 4. The van der Waals surface area contributed by atoms with E-state index in [1.807, 2.05) is 11.0 Å². The molecular weight excluding hydrogens is 397 g/mol. The lowest BCUT2D eigenvalue weighted by Crippen LogP contribution is -2.50. The van der Waals surface area contributed by atoms with Gasteiger partial charge in [-0.25, -0.2) is 0 Å². The maximum Gasteiger partial charge on any atom is 0.255 e. The van der Waals surface area contributed by atoms with Gasteiger partial charge in [0, 0.05) is 51.0 Å². The molecule has 1 saturated heterocycles. The zero-order valence-electron chi connectivity index (χ0n) is 15.3. The van der Waals surface area contributed by atoms with Crippen LogP contribution in [0, 0.1) is 0 Å². The van der Waals surface area contributed by atoms with Crippen molar-refractivity contribution < 1.29 is 4.79 Å². The SMILES string of the molecule is O=C(c1cccc(Cl)c1Cl)N1CCN(CC2=CC=CCN2c2ccn[nH]2)CC1. The minimum atomic E-state index is -0.0638. The fourth-order valence-electron chi connectivity index (χ4n) is 3.52. The Hall–Kier alpha value is -2.28. The molecule has 146 valence electrons. The number of hydrogen-bond donors (Lipinski definition) is 1. The van der Waals surface area contributed by atoms with Crippen molar-refractivity contribution in [1.29, 1.82) is 0 Å². The molecule has 2 aliphatic rings. The maximum atomic E-state index is 12.8. The summed E-state index contributed by atoms with van der Waals surface area (Å²) >= 11 is 12.3. The Bertz CT molecular complexity index is 901. The lowest BCUT2D eigenvalue weighted by atomic mass is 10.1. The van der Waals surface area contributed by atoms with E-state index in [0.29, 0.717) is 28.7 Å². The number of H-pyrrole nitrogens is 1. The molecule has 0 atom stereocenters. The number of anilines is 1. The fourth-order valence-corrected chi connectivity index (χ4v) is 3.90. The second-order valence-corrected chi connectivity index (χ2v) is 7.59. The average Bonchev–Trinajstić information content (AvgIpc) is 3.25. The summed E-state index contributed by atoms with van der Waals surface area (Å²) in [5.41, 5.74) is 1.68. The number of aromatic nitrogens is 2. The predicted octanol–water partition coefficient (Wildman–Crippen LogP) is 3.43. The molecule has 1 N–H and O–H groups in total. The minimum Gasteiger partial charge on any atom is -0.336 e. The van der Waals surface area contributed by atoms with E-state index in [1.165, 1.54) is 5.70 Å². The number of piperazine rings is 1. The predicted molar refractivity (Wildman–Crippen MR) is 112 cm³/mol. The van der Waals surface area contributed by atoms with Crippen LogP contribution in [-0.2, 0) is 0 Å². The van der Waals surface area contributed by atoms with E-state index >= 15 is 0 Å². The molecule has 1 aromatic carbocycles. The van der Waals surface area contributed by atoms with Crippen LogP contribution in [0.5, 0.6) is 0 Å². The summed E-state index contributed by atoms with van der Waals surface area (Å²) in [6.07, 6.45) is 8.10. The first-order valence-corrected chi connectivity index (χ1v) is 9.97. The van der Waals surface area contributed by atoms with E-state index in [4.69, 9.17) is 23.2 Å². The van der Waals surface area contributed by atoms with Crippen LogP contribution in [0.25, 0.3) is 0 Å². The smallest absolute Gasteiger partial charge is 0.255 e. The molecule has 0 bridgehead atoms. The topological polar surface area (TPSA) is 55.5 Å². The number of carbonyl (C=O) groups excluding carboxylic acids is 1. The van der Waals surface area contributed by atoms with Gasteiger partial charge in [0.1, 0.15) is 5.82 Å². The van der Waals surface area contributed by atoms with E-state index in [-0.39, 0.29) is 5.91 Å². The molecule has 0 aliphatic carbocycles. The third-order valence-electron chi connectivity index (χ3n) is 5.06. The highest BCUT2D eigenvalue weighted by molar-refractivity contribution is 6.43. The largest absolute Gasteiger partial charge is 0.336 e. The lowest BCUT2D eigenvalue weighted by molar-refractivity contribution is 0.0647. The first kappa shape index (κ1) is 19.1. The van der Waals surface area contributed by atoms with E-state index in [9.17, 15) is 4.79 Å².